The van der Waals surface area contributed by atoms with E-state index in [1.54, 1.807) is 0 Å². The van der Waals surface area contributed by atoms with Crippen molar-refractivity contribution in [1.29, 1.82) is 0 Å². The van der Waals surface area contributed by atoms with Crippen molar-refractivity contribution >= 4 is 43.6 Å². The van der Waals surface area contributed by atoms with E-state index in [9.17, 15) is 0 Å². The number of aromatic nitrogens is 2. The average Bonchev–Trinajstić information content (AvgIpc) is 2.95. The van der Waals surface area contributed by atoms with Crippen LogP contribution in [0.1, 0.15) is 47.6 Å². The molecule has 1 aromatic carbocycles. The first-order chi connectivity index (χ1) is 13.1. The van der Waals surface area contributed by atoms with E-state index < -0.39 is 16.6 Å². The third-order valence-electron chi connectivity index (χ3n) is 6.82. The van der Waals surface area contributed by atoms with Gasteiger partial charge in [-0.15, -0.1) is 0 Å². The lowest BCUT2D eigenvalue weighted by Gasteiger charge is -2.39. The van der Waals surface area contributed by atoms with Crippen LogP contribution >= 0.6 is 15.9 Å². The topological polar surface area (TPSA) is 36.3 Å². The Balaban J connectivity index is 2.32. The number of hydrogen-bond acceptors (Lipinski definition) is 3. The van der Waals surface area contributed by atoms with Gasteiger partial charge in [-0.05, 0) is 54.5 Å². The molecule has 1 heterocycles. The molecule has 29 heavy (non-hydrogen) atoms. The van der Waals surface area contributed by atoms with Gasteiger partial charge in [-0.25, -0.2) is 4.98 Å². The Morgan fingerprint density at radius 3 is 1.86 bits per heavy atom. The van der Waals surface area contributed by atoms with Gasteiger partial charge < -0.3 is 13.4 Å². The van der Waals surface area contributed by atoms with E-state index in [4.69, 9.17) is 8.85 Å². The van der Waals surface area contributed by atoms with Gasteiger partial charge in [0.25, 0.3) is 0 Å². The van der Waals surface area contributed by atoms with Gasteiger partial charge in [-0.3, -0.25) is 0 Å². The van der Waals surface area contributed by atoms with Crippen LogP contribution in [0.5, 0.6) is 0 Å². The van der Waals surface area contributed by atoms with Gasteiger partial charge in [-0.2, -0.15) is 0 Å². The van der Waals surface area contributed by atoms with Gasteiger partial charge in [0.2, 0.25) is 0 Å². The number of fused-ring (bicyclic) bond motifs is 1. The molecular weight excluding hydrogens is 460 g/mol. The van der Waals surface area contributed by atoms with Crippen LogP contribution in [-0.2, 0) is 8.85 Å². The Kier molecular flexibility index (Phi) is 7.33. The molecule has 2 aromatic rings. The summed E-state index contributed by atoms with van der Waals surface area (Å²) in [6, 6.07) is 6.36. The van der Waals surface area contributed by atoms with Crippen LogP contribution in [0.3, 0.4) is 0 Å². The number of rotatable bonds is 7. The predicted octanol–water partition coefficient (Wildman–Crippen LogP) is 7.38. The number of imidazole rings is 1. The minimum atomic E-state index is -1.85. The smallest absolute Gasteiger partial charge is 0.192 e. The summed E-state index contributed by atoms with van der Waals surface area (Å²) in [5, 5.41) is 0.361. The van der Waals surface area contributed by atoms with E-state index in [1.807, 2.05) is 6.33 Å². The Morgan fingerprint density at radius 2 is 1.41 bits per heavy atom. The Hall–Kier alpha value is -0.476. The molecule has 0 amide bonds. The SMILES string of the molecule is CC(C)(C)[Si](C)(C)OCC(CO[Si](C)(C)C(C)(C)C)n1cnc2cc(Br)ccc21. The lowest BCUT2D eigenvalue weighted by Crippen LogP contribution is -2.44. The van der Waals surface area contributed by atoms with Gasteiger partial charge in [0.15, 0.2) is 16.6 Å². The van der Waals surface area contributed by atoms with Crippen molar-refractivity contribution in [2.24, 2.45) is 0 Å². The Bertz CT molecular complexity index is 805. The van der Waals surface area contributed by atoms with Crippen LogP contribution in [-0.4, -0.2) is 39.4 Å². The fraction of sp³-hybridized carbons (Fsp3) is 0.682. The van der Waals surface area contributed by atoms with Gasteiger partial charge in [0.1, 0.15) is 0 Å². The minimum absolute atomic E-state index is 0.101. The molecule has 164 valence electrons. The Morgan fingerprint density at radius 1 is 0.931 bits per heavy atom. The van der Waals surface area contributed by atoms with Crippen LogP contribution in [0.15, 0.2) is 29.0 Å². The highest BCUT2D eigenvalue weighted by molar-refractivity contribution is 9.10. The van der Waals surface area contributed by atoms with Crippen molar-refractivity contribution in [2.45, 2.75) is 83.8 Å². The highest BCUT2D eigenvalue weighted by Gasteiger charge is 2.40. The van der Waals surface area contributed by atoms with Crippen molar-refractivity contribution in [3.05, 3.63) is 29.0 Å². The predicted molar refractivity (Wildman–Crippen MR) is 133 cm³/mol. The van der Waals surface area contributed by atoms with Gasteiger partial charge in [-0.1, -0.05) is 57.5 Å². The summed E-state index contributed by atoms with van der Waals surface area (Å²) in [7, 11) is -3.71. The molecule has 0 aliphatic rings. The molecule has 7 heteroatoms. The van der Waals surface area contributed by atoms with E-state index in [2.05, 4.69) is 111 Å². The van der Waals surface area contributed by atoms with Gasteiger partial charge in [0, 0.05) is 4.47 Å². The highest BCUT2D eigenvalue weighted by Crippen LogP contribution is 2.39. The third kappa shape index (κ3) is 5.82. The molecule has 0 fully saturated rings. The second kappa shape index (κ2) is 8.57. The summed E-state index contributed by atoms with van der Waals surface area (Å²) in [6.45, 7) is 24.2. The molecule has 0 saturated carbocycles. The summed E-state index contributed by atoms with van der Waals surface area (Å²) < 4.78 is 16.5. The van der Waals surface area contributed by atoms with E-state index in [1.165, 1.54) is 0 Å². The summed E-state index contributed by atoms with van der Waals surface area (Å²) in [4.78, 5) is 4.63. The highest BCUT2D eigenvalue weighted by atomic mass is 79.9. The van der Waals surface area contributed by atoms with Crippen molar-refractivity contribution in [2.75, 3.05) is 13.2 Å². The molecule has 0 radical (unpaired) electrons. The molecule has 4 nitrogen and oxygen atoms in total. The maximum Gasteiger partial charge on any atom is 0.192 e. The molecular formula is C22H39BrN2O2Si2. The first-order valence-corrected chi connectivity index (χ1v) is 17.1. The zero-order valence-corrected chi connectivity index (χ0v) is 23.5. The fourth-order valence-corrected chi connectivity index (χ4v) is 4.98. The third-order valence-corrected chi connectivity index (χ3v) is 16.3. The average molecular weight is 500 g/mol. The fourth-order valence-electron chi connectivity index (χ4n) is 2.55. The van der Waals surface area contributed by atoms with Crippen molar-refractivity contribution < 1.29 is 8.85 Å². The molecule has 0 saturated heterocycles. The molecule has 2 rings (SSSR count). The molecule has 0 atom stereocenters. The van der Waals surface area contributed by atoms with E-state index in [-0.39, 0.29) is 16.1 Å². The van der Waals surface area contributed by atoms with Gasteiger partial charge >= 0.3 is 0 Å². The lowest BCUT2D eigenvalue weighted by molar-refractivity contribution is 0.163. The zero-order chi connectivity index (χ0) is 22.3. The van der Waals surface area contributed by atoms with Crippen molar-refractivity contribution in [3.8, 4) is 0 Å². The second-order valence-corrected chi connectivity index (χ2v) is 21.6. The number of halogens is 1. The summed E-state index contributed by atoms with van der Waals surface area (Å²) in [5.74, 6) is 0. The maximum absolute atomic E-state index is 6.62. The minimum Gasteiger partial charge on any atom is -0.415 e. The quantitative estimate of drug-likeness (QED) is 0.373. The summed E-state index contributed by atoms with van der Waals surface area (Å²) in [5.41, 5.74) is 2.11. The molecule has 0 N–H and O–H groups in total. The number of nitrogens with zero attached hydrogens (tertiary/aromatic N) is 2. The second-order valence-electron chi connectivity index (χ2n) is 11.1. The van der Waals surface area contributed by atoms with E-state index in [0.29, 0.717) is 13.2 Å². The van der Waals surface area contributed by atoms with Crippen molar-refractivity contribution in [3.63, 3.8) is 0 Å². The molecule has 0 unspecified atom stereocenters. The van der Waals surface area contributed by atoms with Crippen LogP contribution in [0.4, 0.5) is 0 Å². The van der Waals surface area contributed by atoms with Gasteiger partial charge in [0.05, 0.1) is 36.6 Å². The monoisotopic (exact) mass is 498 g/mol. The Labute approximate surface area is 187 Å². The number of benzene rings is 1. The van der Waals surface area contributed by atoms with Crippen molar-refractivity contribution in [1.82, 2.24) is 9.55 Å². The summed E-state index contributed by atoms with van der Waals surface area (Å²) >= 11 is 3.55. The summed E-state index contributed by atoms with van der Waals surface area (Å²) in [6.07, 6.45) is 1.94. The van der Waals surface area contributed by atoms with Crippen LogP contribution in [0.25, 0.3) is 11.0 Å². The molecule has 1 aromatic heterocycles. The molecule has 0 spiro atoms. The standard InChI is InChI=1S/C22H39BrN2O2Si2/c1-21(2,3)28(7,8)26-14-18(15-27-29(9,10)22(4,5)6)25-16-24-19-13-17(23)11-12-20(19)25/h11-13,16,18H,14-15H2,1-10H3. The first kappa shape index (κ1) is 24.8. The lowest BCUT2D eigenvalue weighted by atomic mass is 10.2. The van der Waals surface area contributed by atoms with Crippen LogP contribution in [0, 0.1) is 0 Å². The zero-order valence-electron chi connectivity index (χ0n) is 19.9. The van der Waals surface area contributed by atoms with E-state index >= 15 is 0 Å². The largest absolute Gasteiger partial charge is 0.415 e. The van der Waals surface area contributed by atoms with E-state index in [0.717, 1.165) is 15.5 Å². The first-order valence-electron chi connectivity index (χ1n) is 10.5. The maximum atomic E-state index is 6.62. The normalized spacial score (nSPS) is 14.2. The molecule has 0 aliphatic carbocycles. The van der Waals surface area contributed by atoms with Crippen LogP contribution in [0.2, 0.25) is 36.3 Å². The van der Waals surface area contributed by atoms with Crippen LogP contribution < -0.4 is 0 Å². The number of hydrogen-bond donors (Lipinski definition) is 0. The molecule has 0 aliphatic heterocycles. The molecule has 0 bridgehead atoms.